The number of aromatic nitrogens is 2. The Labute approximate surface area is 165 Å². The molecule has 1 aliphatic rings. The van der Waals surface area contributed by atoms with Crippen LogP contribution in [0.4, 0.5) is 11.4 Å². The van der Waals surface area contributed by atoms with Crippen molar-refractivity contribution >= 4 is 11.4 Å². The molecule has 28 heavy (non-hydrogen) atoms. The van der Waals surface area contributed by atoms with Crippen LogP contribution in [0.25, 0.3) is 0 Å². The number of anilines is 2. The second-order valence-electron chi connectivity index (χ2n) is 7.26. The van der Waals surface area contributed by atoms with Crippen molar-refractivity contribution in [2.75, 3.05) is 23.3 Å². The largest absolute Gasteiger partial charge is 0.484 e. The van der Waals surface area contributed by atoms with Gasteiger partial charge in [0, 0.05) is 24.5 Å². The zero-order valence-electron chi connectivity index (χ0n) is 16.2. The molecule has 1 aliphatic heterocycles. The van der Waals surface area contributed by atoms with Crippen LogP contribution in [0.15, 0.2) is 59.0 Å². The maximum absolute atomic E-state index is 5.64. The lowest BCUT2D eigenvalue weighted by molar-refractivity contribution is 0.259. The summed E-state index contributed by atoms with van der Waals surface area (Å²) in [5.74, 6) is 2.63. The maximum Gasteiger partial charge on any atom is 0.253 e. The molecule has 1 aromatic heterocycles. The lowest BCUT2D eigenvalue weighted by Gasteiger charge is -2.32. The van der Waals surface area contributed by atoms with E-state index in [9.17, 15) is 0 Å². The standard InChI is InChI=1S/C22H26N4O2/c1-17-11-13-26(14-12-17)19-9-7-18(8-10-19)23-15-21-24-25-22(28-21)16-27-20-5-3-2-4-6-20/h2-10,17,23H,11-16H2,1H3. The second kappa shape index (κ2) is 8.78. The minimum absolute atomic E-state index is 0.264. The molecule has 6 heteroatoms. The van der Waals surface area contributed by atoms with Crippen molar-refractivity contribution in [3.05, 3.63) is 66.4 Å². The summed E-state index contributed by atoms with van der Waals surface area (Å²) in [6.07, 6.45) is 2.54. The molecule has 146 valence electrons. The fourth-order valence-corrected chi connectivity index (χ4v) is 3.31. The summed E-state index contributed by atoms with van der Waals surface area (Å²) in [6, 6.07) is 18.1. The first-order valence-electron chi connectivity index (χ1n) is 9.84. The minimum Gasteiger partial charge on any atom is -0.484 e. The third-order valence-corrected chi connectivity index (χ3v) is 5.07. The summed E-state index contributed by atoms with van der Waals surface area (Å²) in [5.41, 5.74) is 2.32. The Morgan fingerprint density at radius 1 is 1.00 bits per heavy atom. The van der Waals surface area contributed by atoms with E-state index in [0.717, 1.165) is 30.4 Å². The van der Waals surface area contributed by atoms with Gasteiger partial charge < -0.3 is 19.4 Å². The van der Waals surface area contributed by atoms with Crippen molar-refractivity contribution in [3.63, 3.8) is 0 Å². The predicted molar refractivity (Wildman–Crippen MR) is 109 cm³/mol. The average molecular weight is 378 g/mol. The first kappa shape index (κ1) is 18.3. The minimum atomic E-state index is 0.264. The summed E-state index contributed by atoms with van der Waals surface area (Å²) in [4.78, 5) is 2.46. The van der Waals surface area contributed by atoms with Gasteiger partial charge in [0.1, 0.15) is 5.75 Å². The molecule has 1 fully saturated rings. The lowest BCUT2D eigenvalue weighted by Crippen LogP contribution is -2.32. The topological polar surface area (TPSA) is 63.4 Å². The Balaban J connectivity index is 1.26. The molecule has 1 N–H and O–H groups in total. The number of benzene rings is 2. The highest BCUT2D eigenvalue weighted by atomic mass is 16.5. The fraction of sp³-hybridized carbons (Fsp3) is 0.364. The number of para-hydroxylation sites is 1. The van der Waals surface area contributed by atoms with Gasteiger partial charge in [-0.1, -0.05) is 25.1 Å². The predicted octanol–water partition coefficient (Wildman–Crippen LogP) is 4.50. The van der Waals surface area contributed by atoms with Crippen LogP contribution in [0.5, 0.6) is 5.75 Å². The highest BCUT2D eigenvalue weighted by molar-refractivity contribution is 5.55. The Bertz CT molecular complexity index is 856. The van der Waals surface area contributed by atoms with Crippen molar-refractivity contribution in [3.8, 4) is 5.75 Å². The molecule has 2 heterocycles. The summed E-state index contributed by atoms with van der Waals surface area (Å²) < 4.78 is 11.3. The number of piperidine rings is 1. The molecule has 3 aromatic rings. The van der Waals surface area contributed by atoms with E-state index in [-0.39, 0.29) is 6.61 Å². The van der Waals surface area contributed by atoms with E-state index in [2.05, 4.69) is 51.6 Å². The molecule has 0 saturated carbocycles. The zero-order chi connectivity index (χ0) is 19.2. The number of nitrogens with one attached hydrogen (secondary N) is 1. The summed E-state index contributed by atoms with van der Waals surface area (Å²) >= 11 is 0. The lowest BCUT2D eigenvalue weighted by atomic mass is 9.99. The second-order valence-corrected chi connectivity index (χ2v) is 7.26. The van der Waals surface area contributed by atoms with Crippen molar-refractivity contribution < 1.29 is 9.15 Å². The van der Waals surface area contributed by atoms with Crippen LogP contribution >= 0.6 is 0 Å². The Kier molecular flexibility index (Phi) is 5.75. The van der Waals surface area contributed by atoms with E-state index in [1.165, 1.54) is 18.5 Å². The van der Waals surface area contributed by atoms with Gasteiger partial charge in [-0.2, -0.15) is 0 Å². The molecule has 0 unspecified atom stereocenters. The molecule has 0 atom stereocenters. The van der Waals surface area contributed by atoms with Crippen molar-refractivity contribution in [2.45, 2.75) is 32.9 Å². The van der Waals surface area contributed by atoms with Gasteiger partial charge in [0.15, 0.2) is 6.61 Å². The van der Waals surface area contributed by atoms with Crippen LogP contribution in [0.3, 0.4) is 0 Å². The number of hydrogen-bond donors (Lipinski definition) is 1. The average Bonchev–Trinajstić information content (AvgIpc) is 3.20. The van der Waals surface area contributed by atoms with Gasteiger partial charge >= 0.3 is 0 Å². The van der Waals surface area contributed by atoms with E-state index in [0.29, 0.717) is 18.3 Å². The van der Waals surface area contributed by atoms with E-state index in [1.807, 2.05) is 30.3 Å². The Morgan fingerprint density at radius 2 is 1.71 bits per heavy atom. The van der Waals surface area contributed by atoms with Gasteiger partial charge in [-0.25, -0.2) is 0 Å². The molecule has 0 radical (unpaired) electrons. The van der Waals surface area contributed by atoms with Crippen LogP contribution in [-0.4, -0.2) is 23.3 Å². The molecule has 0 bridgehead atoms. The van der Waals surface area contributed by atoms with Gasteiger partial charge in [-0.05, 0) is 55.2 Å². The summed E-state index contributed by atoms with van der Waals surface area (Å²) in [5, 5.41) is 11.4. The van der Waals surface area contributed by atoms with E-state index in [4.69, 9.17) is 9.15 Å². The van der Waals surface area contributed by atoms with E-state index in [1.54, 1.807) is 0 Å². The van der Waals surface area contributed by atoms with Crippen LogP contribution in [0.2, 0.25) is 0 Å². The number of ether oxygens (including phenoxy) is 1. The highest BCUT2D eigenvalue weighted by Gasteiger charge is 2.15. The molecule has 6 nitrogen and oxygen atoms in total. The molecule has 0 spiro atoms. The normalized spacial score (nSPS) is 14.8. The quantitative estimate of drug-likeness (QED) is 0.653. The number of nitrogens with zero attached hydrogens (tertiary/aromatic N) is 3. The smallest absolute Gasteiger partial charge is 0.253 e. The first-order chi connectivity index (χ1) is 13.8. The fourth-order valence-electron chi connectivity index (χ4n) is 3.31. The Hall–Kier alpha value is -3.02. The zero-order valence-corrected chi connectivity index (χ0v) is 16.2. The van der Waals surface area contributed by atoms with Crippen LogP contribution in [-0.2, 0) is 13.2 Å². The number of rotatable bonds is 7. The van der Waals surface area contributed by atoms with Crippen LogP contribution in [0, 0.1) is 5.92 Å². The molecular formula is C22H26N4O2. The van der Waals surface area contributed by atoms with E-state index >= 15 is 0 Å². The highest BCUT2D eigenvalue weighted by Crippen LogP contribution is 2.24. The SMILES string of the molecule is CC1CCN(c2ccc(NCc3nnc(COc4ccccc4)o3)cc2)CC1. The first-order valence-corrected chi connectivity index (χ1v) is 9.84. The summed E-state index contributed by atoms with van der Waals surface area (Å²) in [7, 11) is 0. The van der Waals surface area contributed by atoms with E-state index < -0.39 is 0 Å². The molecule has 1 saturated heterocycles. The monoisotopic (exact) mass is 378 g/mol. The van der Waals surface area contributed by atoms with Gasteiger partial charge in [0.2, 0.25) is 5.89 Å². The maximum atomic E-state index is 5.64. The van der Waals surface area contributed by atoms with Gasteiger partial charge in [0.05, 0.1) is 6.54 Å². The molecular weight excluding hydrogens is 352 g/mol. The van der Waals surface area contributed by atoms with Crippen LogP contribution < -0.4 is 15.0 Å². The third-order valence-electron chi connectivity index (χ3n) is 5.07. The summed E-state index contributed by atoms with van der Waals surface area (Å²) in [6.45, 7) is 5.37. The van der Waals surface area contributed by atoms with Gasteiger partial charge in [-0.3, -0.25) is 0 Å². The van der Waals surface area contributed by atoms with Crippen molar-refractivity contribution in [1.82, 2.24) is 10.2 Å². The molecule has 0 aliphatic carbocycles. The third kappa shape index (κ3) is 4.82. The Morgan fingerprint density at radius 3 is 2.46 bits per heavy atom. The van der Waals surface area contributed by atoms with Crippen molar-refractivity contribution in [2.24, 2.45) is 5.92 Å². The molecule has 2 aromatic carbocycles. The van der Waals surface area contributed by atoms with Crippen molar-refractivity contribution in [1.29, 1.82) is 0 Å². The molecule has 0 amide bonds. The van der Waals surface area contributed by atoms with Crippen LogP contribution in [0.1, 0.15) is 31.5 Å². The van der Waals surface area contributed by atoms with Gasteiger partial charge in [-0.15, -0.1) is 10.2 Å². The number of hydrogen-bond acceptors (Lipinski definition) is 6. The molecule has 4 rings (SSSR count). The van der Waals surface area contributed by atoms with Gasteiger partial charge in [0.25, 0.3) is 5.89 Å².